The van der Waals surface area contributed by atoms with E-state index in [1.807, 2.05) is 41.8 Å². The third-order valence-electron chi connectivity index (χ3n) is 2.95. The van der Waals surface area contributed by atoms with Crippen LogP contribution in [0.2, 0.25) is 0 Å². The largest absolute Gasteiger partial charge is 0.506 e. The van der Waals surface area contributed by atoms with Crippen LogP contribution >= 0.6 is 11.3 Å². The SMILES string of the molecule is O=C(Nc1ccccc1-c1cccs1)c1cncc(O)c1. The maximum Gasteiger partial charge on any atom is 0.257 e. The lowest BCUT2D eigenvalue weighted by molar-refractivity contribution is 0.102. The molecule has 2 N–H and O–H groups in total. The molecular formula is C16H12N2O2S. The number of nitrogens with zero attached hydrogens (tertiary/aromatic N) is 1. The van der Waals surface area contributed by atoms with E-state index in [2.05, 4.69) is 10.3 Å². The molecule has 0 aliphatic carbocycles. The Balaban J connectivity index is 1.90. The minimum atomic E-state index is -0.303. The predicted molar refractivity (Wildman–Crippen MR) is 83.6 cm³/mol. The molecule has 21 heavy (non-hydrogen) atoms. The molecule has 5 heteroatoms. The number of para-hydroxylation sites is 1. The molecule has 0 radical (unpaired) electrons. The third-order valence-corrected chi connectivity index (χ3v) is 3.85. The third kappa shape index (κ3) is 2.93. The molecule has 0 aliphatic heterocycles. The number of nitrogens with one attached hydrogen (secondary N) is 1. The first-order valence-corrected chi connectivity index (χ1v) is 7.20. The highest BCUT2D eigenvalue weighted by atomic mass is 32.1. The van der Waals surface area contributed by atoms with E-state index in [1.165, 1.54) is 18.5 Å². The molecule has 0 spiro atoms. The number of pyridine rings is 1. The average Bonchev–Trinajstić information content (AvgIpc) is 3.02. The molecule has 3 rings (SSSR count). The number of carbonyl (C=O) groups excluding carboxylic acids is 1. The number of benzene rings is 1. The second kappa shape index (κ2) is 5.76. The fourth-order valence-corrected chi connectivity index (χ4v) is 2.75. The predicted octanol–water partition coefficient (Wildman–Crippen LogP) is 3.77. The van der Waals surface area contributed by atoms with Crippen molar-refractivity contribution >= 4 is 22.9 Å². The first kappa shape index (κ1) is 13.3. The van der Waals surface area contributed by atoms with Gasteiger partial charge >= 0.3 is 0 Å². The normalized spacial score (nSPS) is 10.3. The molecule has 3 aromatic rings. The molecule has 104 valence electrons. The lowest BCUT2D eigenvalue weighted by Crippen LogP contribution is -2.12. The van der Waals surface area contributed by atoms with Crippen LogP contribution < -0.4 is 5.32 Å². The Morgan fingerprint density at radius 3 is 2.76 bits per heavy atom. The van der Waals surface area contributed by atoms with Gasteiger partial charge in [0.05, 0.1) is 11.8 Å². The van der Waals surface area contributed by atoms with Crippen molar-refractivity contribution in [1.82, 2.24) is 4.98 Å². The van der Waals surface area contributed by atoms with Crippen molar-refractivity contribution in [1.29, 1.82) is 0 Å². The van der Waals surface area contributed by atoms with E-state index >= 15 is 0 Å². The van der Waals surface area contributed by atoms with Crippen molar-refractivity contribution in [3.63, 3.8) is 0 Å². The molecule has 0 bridgehead atoms. The van der Waals surface area contributed by atoms with Crippen LogP contribution in [0.1, 0.15) is 10.4 Å². The van der Waals surface area contributed by atoms with Crippen molar-refractivity contribution in [2.24, 2.45) is 0 Å². The van der Waals surface area contributed by atoms with E-state index in [-0.39, 0.29) is 11.7 Å². The molecular weight excluding hydrogens is 284 g/mol. The molecule has 0 saturated carbocycles. The fraction of sp³-hybridized carbons (Fsp3) is 0. The zero-order chi connectivity index (χ0) is 14.7. The van der Waals surface area contributed by atoms with E-state index in [1.54, 1.807) is 11.3 Å². The first-order valence-electron chi connectivity index (χ1n) is 6.32. The smallest absolute Gasteiger partial charge is 0.257 e. The summed E-state index contributed by atoms with van der Waals surface area (Å²) >= 11 is 1.61. The number of aromatic nitrogens is 1. The van der Waals surface area contributed by atoms with Gasteiger partial charge in [-0.3, -0.25) is 9.78 Å². The minimum absolute atomic E-state index is 0.0332. The van der Waals surface area contributed by atoms with Crippen LogP contribution in [0, 0.1) is 0 Å². The molecule has 4 nitrogen and oxygen atoms in total. The summed E-state index contributed by atoms with van der Waals surface area (Å²) < 4.78 is 0. The van der Waals surface area contributed by atoms with Gasteiger partial charge in [-0.2, -0.15) is 0 Å². The summed E-state index contributed by atoms with van der Waals surface area (Å²) in [6.45, 7) is 0. The van der Waals surface area contributed by atoms with E-state index in [0.29, 0.717) is 5.56 Å². The molecule has 0 aliphatic rings. The van der Waals surface area contributed by atoms with Gasteiger partial charge in [-0.1, -0.05) is 24.3 Å². The number of carbonyl (C=O) groups is 1. The number of hydrogen-bond donors (Lipinski definition) is 2. The minimum Gasteiger partial charge on any atom is -0.506 e. The number of amides is 1. The molecule has 1 aromatic carbocycles. The summed E-state index contributed by atoms with van der Waals surface area (Å²) in [5.41, 5.74) is 2.01. The van der Waals surface area contributed by atoms with Gasteiger partial charge in [-0.15, -0.1) is 11.3 Å². The van der Waals surface area contributed by atoms with Gasteiger partial charge < -0.3 is 10.4 Å². The van der Waals surface area contributed by atoms with Crippen LogP contribution in [0.3, 0.4) is 0 Å². The van der Waals surface area contributed by atoms with Crippen LogP contribution in [0.15, 0.2) is 60.2 Å². The molecule has 0 unspecified atom stereocenters. The van der Waals surface area contributed by atoms with Gasteiger partial charge in [-0.05, 0) is 23.6 Å². The Labute approximate surface area is 125 Å². The highest BCUT2D eigenvalue weighted by Crippen LogP contribution is 2.31. The molecule has 0 saturated heterocycles. The average molecular weight is 296 g/mol. The van der Waals surface area contributed by atoms with Gasteiger partial charge in [0.15, 0.2) is 0 Å². The maximum atomic E-state index is 12.2. The second-order valence-electron chi connectivity index (χ2n) is 4.41. The number of hydrogen-bond acceptors (Lipinski definition) is 4. The molecule has 0 atom stereocenters. The van der Waals surface area contributed by atoms with Crippen LogP contribution in [0.4, 0.5) is 5.69 Å². The van der Waals surface area contributed by atoms with Crippen LogP contribution in [0.5, 0.6) is 5.75 Å². The summed E-state index contributed by atoms with van der Waals surface area (Å²) in [4.78, 5) is 17.1. The van der Waals surface area contributed by atoms with E-state index < -0.39 is 0 Å². The zero-order valence-electron chi connectivity index (χ0n) is 11.0. The lowest BCUT2D eigenvalue weighted by atomic mass is 10.1. The Kier molecular flexibility index (Phi) is 3.66. The lowest BCUT2D eigenvalue weighted by Gasteiger charge is -2.10. The summed E-state index contributed by atoms with van der Waals surface area (Å²) in [5, 5.41) is 14.2. The number of thiophene rings is 1. The van der Waals surface area contributed by atoms with Crippen LogP contribution in [-0.4, -0.2) is 16.0 Å². The standard InChI is InChI=1S/C16H12N2O2S/c19-12-8-11(9-17-10-12)16(20)18-14-5-2-1-4-13(14)15-6-3-7-21-15/h1-10,19H,(H,18,20). The second-order valence-corrected chi connectivity index (χ2v) is 5.36. The Morgan fingerprint density at radius 2 is 2.00 bits per heavy atom. The van der Waals surface area contributed by atoms with Crippen molar-refractivity contribution < 1.29 is 9.90 Å². The number of anilines is 1. The van der Waals surface area contributed by atoms with Crippen LogP contribution in [0.25, 0.3) is 10.4 Å². The molecule has 1 amide bonds. The van der Waals surface area contributed by atoms with Gasteiger partial charge in [0.2, 0.25) is 0 Å². The van der Waals surface area contributed by atoms with E-state index in [4.69, 9.17) is 0 Å². The highest BCUT2D eigenvalue weighted by Gasteiger charge is 2.11. The van der Waals surface area contributed by atoms with Crippen molar-refractivity contribution in [2.75, 3.05) is 5.32 Å². The molecule has 0 fully saturated rings. The zero-order valence-corrected chi connectivity index (χ0v) is 11.8. The Bertz CT molecular complexity index is 769. The van der Waals surface area contributed by atoms with Gasteiger partial charge in [0.1, 0.15) is 5.75 Å². The Morgan fingerprint density at radius 1 is 1.14 bits per heavy atom. The van der Waals surface area contributed by atoms with Crippen LogP contribution in [-0.2, 0) is 0 Å². The summed E-state index contributed by atoms with van der Waals surface area (Å²) in [6.07, 6.45) is 2.71. The monoisotopic (exact) mass is 296 g/mol. The number of rotatable bonds is 3. The fourth-order valence-electron chi connectivity index (χ4n) is 1.99. The summed E-state index contributed by atoms with van der Waals surface area (Å²) in [7, 11) is 0. The van der Waals surface area contributed by atoms with Gasteiger partial charge in [-0.25, -0.2) is 0 Å². The molecule has 2 heterocycles. The maximum absolute atomic E-state index is 12.2. The topological polar surface area (TPSA) is 62.2 Å². The summed E-state index contributed by atoms with van der Waals surface area (Å²) in [5.74, 6) is -0.336. The van der Waals surface area contributed by atoms with Crippen molar-refractivity contribution in [2.45, 2.75) is 0 Å². The van der Waals surface area contributed by atoms with Crippen molar-refractivity contribution in [3.8, 4) is 16.2 Å². The van der Waals surface area contributed by atoms with Gasteiger partial charge in [0, 0.05) is 22.3 Å². The molecule has 2 aromatic heterocycles. The highest BCUT2D eigenvalue weighted by molar-refractivity contribution is 7.13. The number of aromatic hydroxyl groups is 1. The quantitative estimate of drug-likeness (QED) is 0.773. The Hall–Kier alpha value is -2.66. The van der Waals surface area contributed by atoms with Crippen molar-refractivity contribution in [3.05, 3.63) is 65.8 Å². The van der Waals surface area contributed by atoms with Gasteiger partial charge in [0.25, 0.3) is 5.91 Å². The van der Waals surface area contributed by atoms with E-state index in [0.717, 1.165) is 16.1 Å². The van der Waals surface area contributed by atoms with E-state index in [9.17, 15) is 9.90 Å². The summed E-state index contributed by atoms with van der Waals surface area (Å²) in [6, 6.07) is 13.0. The first-order chi connectivity index (χ1) is 10.2.